The molecule has 0 spiro atoms. The third-order valence-electron chi connectivity index (χ3n) is 4.59. The van der Waals surface area contributed by atoms with E-state index in [9.17, 15) is 4.79 Å². The van der Waals surface area contributed by atoms with Crippen molar-refractivity contribution in [1.29, 1.82) is 0 Å². The van der Waals surface area contributed by atoms with Gasteiger partial charge < -0.3 is 0 Å². The van der Waals surface area contributed by atoms with E-state index < -0.39 is 0 Å². The number of fused-ring (bicyclic) bond motifs is 2. The topological polar surface area (TPSA) is 17.1 Å². The van der Waals surface area contributed by atoms with Crippen molar-refractivity contribution in [3.8, 4) is 0 Å². The average Bonchev–Trinajstić information content (AvgIpc) is 2.51. The molecule has 0 aromatic heterocycles. The lowest BCUT2D eigenvalue weighted by atomic mass is 9.85. The van der Waals surface area contributed by atoms with Crippen molar-refractivity contribution in [2.24, 2.45) is 0 Å². The minimum atomic E-state index is 0.200. The summed E-state index contributed by atoms with van der Waals surface area (Å²) in [6.45, 7) is 0. The Morgan fingerprint density at radius 1 is 0.714 bits per heavy atom. The average molecular weight is 268 g/mol. The van der Waals surface area contributed by atoms with E-state index >= 15 is 0 Å². The van der Waals surface area contributed by atoms with Gasteiger partial charge in [0.05, 0.1) is 0 Å². The minimum absolute atomic E-state index is 0.200. The van der Waals surface area contributed by atoms with Gasteiger partial charge in [-0.1, -0.05) is 54.6 Å². The number of carbonyl (C=O) groups excluding carboxylic acids is 1. The molecule has 0 N–H and O–H groups in total. The van der Waals surface area contributed by atoms with Gasteiger partial charge in [0.15, 0.2) is 5.78 Å². The molecule has 21 heavy (non-hydrogen) atoms. The number of benzene rings is 4. The molecule has 4 aromatic rings. The fourth-order valence-corrected chi connectivity index (χ4v) is 3.79. The molecule has 0 radical (unpaired) electrons. The molecule has 0 atom stereocenters. The largest absolute Gasteiger partial charge is 0.294 e. The van der Waals surface area contributed by atoms with Crippen LogP contribution in [0.3, 0.4) is 0 Å². The Labute approximate surface area is 121 Å². The number of carbonyl (C=O) groups is 1. The zero-order valence-electron chi connectivity index (χ0n) is 11.4. The highest BCUT2D eigenvalue weighted by atomic mass is 16.1. The van der Waals surface area contributed by atoms with Crippen LogP contribution in [0.2, 0.25) is 0 Å². The lowest BCUT2D eigenvalue weighted by Crippen LogP contribution is -2.16. The second-order valence-electron chi connectivity index (χ2n) is 5.75. The first-order chi connectivity index (χ1) is 10.3. The van der Waals surface area contributed by atoms with Crippen molar-refractivity contribution in [1.82, 2.24) is 0 Å². The van der Waals surface area contributed by atoms with Gasteiger partial charge in [0.1, 0.15) is 0 Å². The summed E-state index contributed by atoms with van der Waals surface area (Å²) in [5.74, 6) is 0.200. The van der Waals surface area contributed by atoms with Gasteiger partial charge in [-0.3, -0.25) is 4.79 Å². The van der Waals surface area contributed by atoms with Crippen molar-refractivity contribution >= 4 is 44.2 Å². The van der Waals surface area contributed by atoms with E-state index in [2.05, 4.69) is 42.5 Å². The number of ketones is 1. The molecule has 0 aliphatic heterocycles. The lowest BCUT2D eigenvalue weighted by Gasteiger charge is -2.17. The zero-order chi connectivity index (χ0) is 14.0. The van der Waals surface area contributed by atoms with Crippen molar-refractivity contribution < 1.29 is 4.79 Å². The maximum atomic E-state index is 12.1. The number of rotatable bonds is 0. The Kier molecular flexibility index (Phi) is 1.95. The highest BCUT2D eigenvalue weighted by Crippen LogP contribution is 2.36. The standard InChI is InChI=1S/C20H12O/c21-14-10-13-6-3-8-16-15-7-1-4-12-5-2-9-17(19(12)15)18(11-14)20(13)16/h1-10H,11H2. The minimum Gasteiger partial charge on any atom is -0.294 e. The monoisotopic (exact) mass is 268 g/mol. The van der Waals surface area contributed by atoms with Gasteiger partial charge in [0, 0.05) is 6.42 Å². The maximum Gasteiger partial charge on any atom is 0.160 e. The van der Waals surface area contributed by atoms with Crippen LogP contribution < -0.4 is 5.22 Å². The van der Waals surface area contributed by atoms with Gasteiger partial charge in [-0.15, -0.1) is 0 Å². The number of hydrogen-bond acceptors (Lipinski definition) is 1. The molecular weight excluding hydrogens is 256 g/mol. The van der Waals surface area contributed by atoms with Crippen molar-refractivity contribution in [3.05, 3.63) is 65.4 Å². The Hall–Kier alpha value is -2.67. The van der Waals surface area contributed by atoms with Crippen molar-refractivity contribution in [2.45, 2.75) is 6.42 Å². The third-order valence-corrected chi connectivity index (χ3v) is 4.59. The Morgan fingerprint density at radius 3 is 2.19 bits per heavy atom. The summed E-state index contributed by atoms with van der Waals surface area (Å²) in [7, 11) is 0. The molecule has 5 rings (SSSR count). The Balaban J connectivity index is 2.25. The summed E-state index contributed by atoms with van der Waals surface area (Å²) in [5, 5.41) is 8.62. The maximum absolute atomic E-state index is 12.1. The molecule has 0 unspecified atom stereocenters. The molecule has 0 heterocycles. The molecule has 0 fully saturated rings. The summed E-state index contributed by atoms with van der Waals surface area (Å²) in [5.41, 5.74) is 1.19. The molecule has 1 aliphatic carbocycles. The van der Waals surface area contributed by atoms with E-state index in [1.165, 1.54) is 37.9 Å². The third kappa shape index (κ3) is 1.33. The number of Topliss-reactive ketones (excluding diaryl/α,β-unsaturated/α-hetero) is 1. The SMILES string of the molecule is O=C1C=c2cccc3c2c(c2cccc4cccc3c42)C1. The highest BCUT2D eigenvalue weighted by molar-refractivity contribution is 6.26. The molecule has 0 saturated carbocycles. The molecule has 1 nitrogen and oxygen atoms in total. The second-order valence-corrected chi connectivity index (χ2v) is 5.75. The molecule has 0 bridgehead atoms. The fourth-order valence-electron chi connectivity index (χ4n) is 3.79. The normalized spacial score (nSPS) is 14.0. The summed E-state index contributed by atoms with van der Waals surface area (Å²) >= 11 is 0. The van der Waals surface area contributed by atoms with E-state index in [0.29, 0.717) is 6.42 Å². The van der Waals surface area contributed by atoms with Gasteiger partial charge in [0.2, 0.25) is 0 Å². The van der Waals surface area contributed by atoms with Crippen molar-refractivity contribution in [2.75, 3.05) is 0 Å². The smallest absolute Gasteiger partial charge is 0.160 e. The van der Waals surface area contributed by atoms with Crippen LogP contribution in [-0.4, -0.2) is 5.78 Å². The Bertz CT molecular complexity index is 1110. The molecular formula is C20H12O. The second kappa shape index (κ2) is 3.70. The quantitative estimate of drug-likeness (QED) is 0.350. The van der Waals surface area contributed by atoms with E-state index in [1.807, 2.05) is 12.1 Å². The van der Waals surface area contributed by atoms with Gasteiger partial charge in [0.25, 0.3) is 0 Å². The summed E-state index contributed by atoms with van der Waals surface area (Å²) < 4.78 is 0. The molecule has 0 amide bonds. The molecule has 4 aromatic carbocycles. The first-order valence-electron chi connectivity index (χ1n) is 7.22. The van der Waals surface area contributed by atoms with E-state index in [4.69, 9.17) is 0 Å². The molecule has 98 valence electrons. The highest BCUT2D eigenvalue weighted by Gasteiger charge is 2.18. The van der Waals surface area contributed by atoms with Gasteiger partial charge >= 0.3 is 0 Å². The van der Waals surface area contributed by atoms with Crippen LogP contribution in [0.15, 0.2) is 54.6 Å². The first kappa shape index (κ1) is 11.0. The van der Waals surface area contributed by atoms with Gasteiger partial charge in [-0.2, -0.15) is 0 Å². The van der Waals surface area contributed by atoms with Crippen LogP contribution in [-0.2, 0) is 11.2 Å². The van der Waals surface area contributed by atoms with Crippen LogP contribution >= 0.6 is 0 Å². The predicted octanol–water partition coefficient (Wildman–Crippen LogP) is 3.77. The van der Waals surface area contributed by atoms with Crippen LogP contribution in [0.4, 0.5) is 0 Å². The Morgan fingerprint density at radius 2 is 1.38 bits per heavy atom. The molecule has 1 aliphatic rings. The van der Waals surface area contributed by atoms with Gasteiger partial charge in [-0.05, 0) is 49.2 Å². The van der Waals surface area contributed by atoms with E-state index in [-0.39, 0.29) is 5.78 Å². The summed E-state index contributed by atoms with van der Waals surface area (Å²) in [6, 6.07) is 19.1. The first-order valence-corrected chi connectivity index (χ1v) is 7.22. The van der Waals surface area contributed by atoms with E-state index in [0.717, 1.165) is 5.22 Å². The van der Waals surface area contributed by atoms with Crippen molar-refractivity contribution in [3.63, 3.8) is 0 Å². The van der Waals surface area contributed by atoms with E-state index in [1.54, 1.807) is 6.08 Å². The zero-order valence-corrected chi connectivity index (χ0v) is 11.4. The van der Waals surface area contributed by atoms with Gasteiger partial charge in [-0.25, -0.2) is 0 Å². The summed E-state index contributed by atoms with van der Waals surface area (Å²) in [4.78, 5) is 12.1. The van der Waals surface area contributed by atoms with Crippen LogP contribution in [0.25, 0.3) is 38.4 Å². The summed E-state index contributed by atoms with van der Waals surface area (Å²) in [6.07, 6.45) is 2.30. The van der Waals surface area contributed by atoms with Crippen LogP contribution in [0, 0.1) is 0 Å². The fraction of sp³-hybridized carbons (Fsp3) is 0.0500. The molecule has 0 saturated heterocycles. The number of hydrogen-bond donors (Lipinski definition) is 0. The predicted molar refractivity (Wildman–Crippen MR) is 87.4 cm³/mol. The van der Waals surface area contributed by atoms with Crippen LogP contribution in [0.1, 0.15) is 5.56 Å². The van der Waals surface area contributed by atoms with Crippen LogP contribution in [0.5, 0.6) is 0 Å². The molecule has 1 heteroatoms. The lowest BCUT2D eigenvalue weighted by molar-refractivity contribution is -0.112.